The van der Waals surface area contributed by atoms with Crippen molar-refractivity contribution in [3.8, 4) is 11.6 Å². The predicted octanol–water partition coefficient (Wildman–Crippen LogP) is 3.77. The Bertz CT molecular complexity index is 870. The molecule has 128 valence electrons. The molecule has 3 aromatic rings. The first kappa shape index (κ1) is 16.8. The molecule has 0 aliphatic rings. The minimum atomic E-state index is -2.97. The SMILES string of the molecule is O=C(Nc1ccc(OC(F)F)c(Cl)c1)c1ccc(-n2ccnc2)nc1. The summed E-state index contributed by atoms with van der Waals surface area (Å²) in [6.07, 6.45) is 6.36. The van der Waals surface area contributed by atoms with E-state index in [9.17, 15) is 13.6 Å². The molecular formula is C16H11ClF2N4O2. The van der Waals surface area contributed by atoms with Gasteiger partial charge in [0, 0.05) is 24.3 Å². The summed E-state index contributed by atoms with van der Waals surface area (Å²) in [7, 11) is 0. The summed E-state index contributed by atoms with van der Waals surface area (Å²) in [5, 5.41) is 2.57. The second-order valence-electron chi connectivity index (χ2n) is 4.85. The van der Waals surface area contributed by atoms with Crippen LogP contribution in [0.1, 0.15) is 10.4 Å². The molecule has 2 heterocycles. The largest absolute Gasteiger partial charge is 0.433 e. The molecule has 25 heavy (non-hydrogen) atoms. The first-order valence-corrected chi connectivity index (χ1v) is 7.41. The molecule has 6 nitrogen and oxygen atoms in total. The lowest BCUT2D eigenvalue weighted by Crippen LogP contribution is -2.12. The summed E-state index contributed by atoms with van der Waals surface area (Å²) in [5.74, 6) is 0.0369. The average Bonchev–Trinajstić information content (AvgIpc) is 3.12. The third-order valence-corrected chi connectivity index (χ3v) is 3.48. The van der Waals surface area contributed by atoms with Crippen LogP contribution in [-0.4, -0.2) is 27.1 Å². The van der Waals surface area contributed by atoms with Gasteiger partial charge in [-0.1, -0.05) is 11.6 Å². The number of hydrogen-bond acceptors (Lipinski definition) is 4. The Morgan fingerprint density at radius 2 is 2.12 bits per heavy atom. The van der Waals surface area contributed by atoms with Crippen molar-refractivity contribution < 1.29 is 18.3 Å². The molecule has 0 unspecified atom stereocenters. The van der Waals surface area contributed by atoms with Crippen LogP contribution in [0.25, 0.3) is 5.82 Å². The van der Waals surface area contributed by atoms with Crippen molar-refractivity contribution in [2.45, 2.75) is 6.61 Å². The van der Waals surface area contributed by atoms with E-state index < -0.39 is 12.5 Å². The molecule has 3 rings (SSSR count). The van der Waals surface area contributed by atoms with Crippen LogP contribution in [0.15, 0.2) is 55.2 Å². The number of alkyl halides is 2. The molecular weight excluding hydrogens is 354 g/mol. The highest BCUT2D eigenvalue weighted by molar-refractivity contribution is 6.32. The molecule has 0 radical (unpaired) electrons. The minimum Gasteiger partial charge on any atom is -0.433 e. The molecule has 1 amide bonds. The normalized spacial score (nSPS) is 10.7. The second kappa shape index (κ2) is 7.27. The van der Waals surface area contributed by atoms with Gasteiger partial charge in [0.15, 0.2) is 0 Å². The van der Waals surface area contributed by atoms with Gasteiger partial charge in [-0.15, -0.1) is 0 Å². The van der Waals surface area contributed by atoms with Gasteiger partial charge in [-0.2, -0.15) is 8.78 Å². The number of imidazole rings is 1. The third kappa shape index (κ3) is 4.10. The number of nitrogens with one attached hydrogen (secondary N) is 1. The van der Waals surface area contributed by atoms with Crippen molar-refractivity contribution in [1.82, 2.24) is 14.5 Å². The number of carbonyl (C=O) groups excluding carboxylic acids is 1. The van der Waals surface area contributed by atoms with Crippen LogP contribution in [0.2, 0.25) is 5.02 Å². The molecule has 0 spiro atoms. The lowest BCUT2D eigenvalue weighted by Gasteiger charge is -2.10. The van der Waals surface area contributed by atoms with Crippen molar-refractivity contribution in [2.24, 2.45) is 0 Å². The molecule has 1 N–H and O–H groups in total. The Morgan fingerprint density at radius 1 is 1.28 bits per heavy atom. The van der Waals surface area contributed by atoms with Crippen molar-refractivity contribution in [3.05, 3.63) is 65.8 Å². The first-order valence-electron chi connectivity index (χ1n) is 7.03. The number of rotatable bonds is 5. The molecule has 0 aliphatic carbocycles. The lowest BCUT2D eigenvalue weighted by atomic mass is 10.2. The lowest BCUT2D eigenvalue weighted by molar-refractivity contribution is -0.0497. The quantitative estimate of drug-likeness (QED) is 0.748. The predicted molar refractivity (Wildman–Crippen MR) is 87.4 cm³/mol. The zero-order valence-electron chi connectivity index (χ0n) is 12.6. The number of ether oxygens (including phenoxy) is 1. The third-order valence-electron chi connectivity index (χ3n) is 3.18. The molecule has 0 saturated carbocycles. The van der Waals surface area contributed by atoms with E-state index in [2.05, 4.69) is 20.0 Å². The topological polar surface area (TPSA) is 69.0 Å². The Kier molecular flexibility index (Phi) is 4.90. The Hall–Kier alpha value is -3.00. The smallest absolute Gasteiger partial charge is 0.387 e. The number of aromatic nitrogens is 3. The summed E-state index contributed by atoms with van der Waals surface area (Å²) < 4.78 is 30.3. The van der Waals surface area contributed by atoms with Crippen LogP contribution in [0, 0.1) is 0 Å². The van der Waals surface area contributed by atoms with Gasteiger partial charge < -0.3 is 10.1 Å². The summed E-state index contributed by atoms with van der Waals surface area (Å²) in [6, 6.07) is 7.26. The van der Waals surface area contributed by atoms with Crippen LogP contribution in [0.4, 0.5) is 14.5 Å². The number of amides is 1. The fraction of sp³-hybridized carbons (Fsp3) is 0.0625. The monoisotopic (exact) mass is 364 g/mol. The molecule has 9 heteroatoms. The van der Waals surface area contributed by atoms with Crippen LogP contribution >= 0.6 is 11.6 Å². The molecule has 1 aromatic carbocycles. The van der Waals surface area contributed by atoms with Gasteiger partial charge in [-0.05, 0) is 30.3 Å². The van der Waals surface area contributed by atoms with Gasteiger partial charge in [0.1, 0.15) is 17.9 Å². The minimum absolute atomic E-state index is 0.0355. The molecule has 0 saturated heterocycles. The van der Waals surface area contributed by atoms with Crippen LogP contribution in [0.5, 0.6) is 5.75 Å². The van der Waals surface area contributed by atoms with Crippen molar-refractivity contribution >= 4 is 23.2 Å². The summed E-state index contributed by atoms with van der Waals surface area (Å²) in [4.78, 5) is 20.3. The fourth-order valence-electron chi connectivity index (χ4n) is 2.04. The van der Waals surface area contributed by atoms with E-state index in [1.54, 1.807) is 35.4 Å². The van der Waals surface area contributed by atoms with Crippen LogP contribution < -0.4 is 10.1 Å². The molecule has 0 atom stereocenters. The zero-order chi connectivity index (χ0) is 17.8. The Balaban J connectivity index is 1.70. The highest BCUT2D eigenvalue weighted by Gasteiger charge is 2.11. The van der Waals surface area contributed by atoms with Crippen molar-refractivity contribution in [2.75, 3.05) is 5.32 Å². The van der Waals surface area contributed by atoms with E-state index in [0.717, 1.165) is 0 Å². The van der Waals surface area contributed by atoms with Gasteiger partial charge in [0.2, 0.25) is 0 Å². The standard InChI is InChI=1S/C16H11ClF2N4O2/c17-12-7-11(2-3-13(12)25-16(18)19)22-15(24)10-1-4-14(21-8-10)23-6-5-20-9-23/h1-9,16H,(H,22,24). The number of hydrogen-bond donors (Lipinski definition) is 1. The van der Waals surface area contributed by atoms with E-state index in [1.165, 1.54) is 24.4 Å². The number of pyridine rings is 1. The maximum atomic E-state index is 12.2. The van der Waals surface area contributed by atoms with E-state index in [-0.39, 0.29) is 10.8 Å². The number of carbonyl (C=O) groups is 1. The highest BCUT2D eigenvalue weighted by Crippen LogP contribution is 2.29. The molecule has 2 aromatic heterocycles. The Morgan fingerprint density at radius 3 is 2.72 bits per heavy atom. The van der Waals surface area contributed by atoms with Gasteiger partial charge in [-0.3, -0.25) is 9.36 Å². The molecule has 0 fully saturated rings. The van der Waals surface area contributed by atoms with E-state index in [0.29, 0.717) is 17.1 Å². The van der Waals surface area contributed by atoms with E-state index >= 15 is 0 Å². The highest BCUT2D eigenvalue weighted by atomic mass is 35.5. The van der Waals surface area contributed by atoms with E-state index in [1.807, 2.05) is 0 Å². The second-order valence-corrected chi connectivity index (χ2v) is 5.26. The van der Waals surface area contributed by atoms with E-state index in [4.69, 9.17) is 11.6 Å². The van der Waals surface area contributed by atoms with Crippen molar-refractivity contribution in [3.63, 3.8) is 0 Å². The van der Waals surface area contributed by atoms with Gasteiger partial charge in [0.25, 0.3) is 5.91 Å². The number of nitrogens with zero attached hydrogens (tertiary/aromatic N) is 3. The van der Waals surface area contributed by atoms with Gasteiger partial charge in [0.05, 0.1) is 10.6 Å². The van der Waals surface area contributed by atoms with Gasteiger partial charge in [-0.25, -0.2) is 9.97 Å². The zero-order valence-corrected chi connectivity index (χ0v) is 13.3. The maximum Gasteiger partial charge on any atom is 0.387 e. The number of benzene rings is 1. The van der Waals surface area contributed by atoms with Crippen LogP contribution in [0.3, 0.4) is 0 Å². The first-order chi connectivity index (χ1) is 12.0. The summed E-state index contributed by atoms with van der Waals surface area (Å²) in [5.41, 5.74) is 0.670. The maximum absolute atomic E-state index is 12.2. The summed E-state index contributed by atoms with van der Waals surface area (Å²) in [6.45, 7) is -2.97. The Labute approximate surface area is 146 Å². The average molecular weight is 365 g/mol. The van der Waals surface area contributed by atoms with Crippen molar-refractivity contribution in [1.29, 1.82) is 0 Å². The number of halogens is 3. The van der Waals surface area contributed by atoms with Crippen LogP contribution in [-0.2, 0) is 0 Å². The fourth-order valence-corrected chi connectivity index (χ4v) is 2.27. The number of anilines is 1. The molecule has 0 bridgehead atoms. The summed E-state index contributed by atoms with van der Waals surface area (Å²) >= 11 is 5.85. The molecule has 0 aliphatic heterocycles. The van der Waals surface area contributed by atoms with Gasteiger partial charge >= 0.3 is 6.61 Å².